The fourth-order valence-corrected chi connectivity index (χ4v) is 3.53. The first-order valence-electron chi connectivity index (χ1n) is 7.68. The standard InChI is InChI=1S/C20H20BN/c1-14-11-15(2)20(16(3)12-14)21(13-22)19-10-6-8-17-7-4-5-9-18(17)19/h4-13,22H,1-3H3/q-1. The minimum absolute atomic E-state index is 0.00620. The fraction of sp³-hybridized carbons (Fsp3) is 0.150. The molecular weight excluding hydrogens is 265 g/mol. The first-order valence-corrected chi connectivity index (χ1v) is 7.68. The highest BCUT2D eigenvalue weighted by molar-refractivity contribution is 7.05. The molecular formula is C20H20BN-. The van der Waals surface area contributed by atoms with E-state index in [2.05, 4.69) is 75.4 Å². The molecule has 3 rings (SSSR count). The number of hydrogen-bond donors (Lipinski definition) is 1. The highest BCUT2D eigenvalue weighted by Gasteiger charge is 2.09. The molecule has 1 radical (unpaired) electrons. The molecule has 22 heavy (non-hydrogen) atoms. The van der Waals surface area contributed by atoms with E-state index >= 15 is 0 Å². The first-order chi connectivity index (χ1) is 10.6. The summed E-state index contributed by atoms with van der Waals surface area (Å²) in [6.07, 6.45) is 1.58. The molecule has 0 heterocycles. The molecule has 109 valence electrons. The molecule has 0 aliphatic rings. The summed E-state index contributed by atoms with van der Waals surface area (Å²) in [5, 5.41) is 10.5. The van der Waals surface area contributed by atoms with E-state index in [1.54, 1.807) is 6.11 Å². The molecule has 3 aromatic rings. The highest BCUT2D eigenvalue weighted by atomic mass is 14.3. The lowest BCUT2D eigenvalue weighted by molar-refractivity contribution is 1.35. The second kappa shape index (κ2) is 5.80. The van der Waals surface area contributed by atoms with Crippen LogP contribution in [0, 0.1) is 26.2 Å². The SMILES string of the molecule is Cc1cc(C)c([B-](C=N)c2cccc3ccccc23)c(C)c1. The molecule has 0 saturated carbocycles. The summed E-state index contributed by atoms with van der Waals surface area (Å²) in [6.45, 7) is 6.43. The van der Waals surface area contributed by atoms with Gasteiger partial charge in [-0.3, -0.25) is 0 Å². The maximum absolute atomic E-state index is 8.03. The van der Waals surface area contributed by atoms with E-state index < -0.39 is 0 Å². The van der Waals surface area contributed by atoms with Gasteiger partial charge < -0.3 is 5.41 Å². The maximum atomic E-state index is 8.03. The number of fused-ring (bicyclic) bond motifs is 1. The van der Waals surface area contributed by atoms with Crippen LogP contribution in [-0.4, -0.2) is 12.8 Å². The van der Waals surface area contributed by atoms with Gasteiger partial charge in [0.05, 0.1) is 0 Å². The lowest BCUT2D eigenvalue weighted by Gasteiger charge is -2.30. The van der Waals surface area contributed by atoms with Crippen molar-refractivity contribution in [3.05, 3.63) is 71.3 Å². The van der Waals surface area contributed by atoms with Gasteiger partial charge in [-0.1, -0.05) is 76.7 Å². The van der Waals surface area contributed by atoms with Gasteiger partial charge in [0.25, 0.3) is 0 Å². The Kier molecular flexibility index (Phi) is 3.85. The number of hydrogen-bond acceptors (Lipinski definition) is 1. The van der Waals surface area contributed by atoms with Gasteiger partial charge in [-0.25, -0.2) is 10.9 Å². The van der Waals surface area contributed by atoms with E-state index in [0.29, 0.717) is 0 Å². The number of aryl methyl sites for hydroxylation is 3. The molecule has 0 saturated heterocycles. The minimum Gasteiger partial charge on any atom is -0.357 e. The van der Waals surface area contributed by atoms with Crippen LogP contribution in [0.3, 0.4) is 0 Å². The Balaban J connectivity index is 2.26. The lowest BCUT2D eigenvalue weighted by atomic mass is 9.39. The van der Waals surface area contributed by atoms with Crippen molar-refractivity contribution in [2.75, 3.05) is 0 Å². The normalized spacial score (nSPS) is 11.1. The fourth-order valence-electron chi connectivity index (χ4n) is 3.53. The molecule has 1 N–H and O–H groups in total. The van der Waals surface area contributed by atoms with Crippen molar-refractivity contribution in [3.8, 4) is 0 Å². The van der Waals surface area contributed by atoms with E-state index in [9.17, 15) is 0 Å². The molecule has 0 spiro atoms. The predicted octanol–water partition coefficient (Wildman–Crippen LogP) is 3.56. The second-order valence-electron chi connectivity index (χ2n) is 6.03. The van der Waals surface area contributed by atoms with Crippen LogP contribution < -0.4 is 10.9 Å². The molecule has 0 amide bonds. The van der Waals surface area contributed by atoms with Crippen LogP contribution in [0.15, 0.2) is 54.6 Å². The highest BCUT2D eigenvalue weighted by Crippen LogP contribution is 2.13. The molecule has 0 aliphatic carbocycles. The minimum atomic E-state index is 0.00620. The Morgan fingerprint density at radius 3 is 2.18 bits per heavy atom. The van der Waals surface area contributed by atoms with E-state index in [1.165, 1.54) is 38.4 Å². The van der Waals surface area contributed by atoms with Gasteiger partial charge in [0.15, 0.2) is 0 Å². The van der Waals surface area contributed by atoms with Gasteiger partial charge in [0, 0.05) is 0 Å². The Bertz CT molecular complexity index is 823. The summed E-state index contributed by atoms with van der Waals surface area (Å²) in [5.74, 6) is 0. The zero-order chi connectivity index (χ0) is 15.7. The zero-order valence-corrected chi connectivity index (χ0v) is 13.4. The zero-order valence-electron chi connectivity index (χ0n) is 13.4. The van der Waals surface area contributed by atoms with Crippen LogP contribution in [0.25, 0.3) is 10.8 Å². The van der Waals surface area contributed by atoms with E-state index in [-0.39, 0.29) is 6.71 Å². The molecule has 2 heteroatoms. The Morgan fingerprint density at radius 1 is 0.864 bits per heavy atom. The van der Waals surface area contributed by atoms with Gasteiger partial charge in [0.1, 0.15) is 0 Å². The molecule has 0 fully saturated rings. The van der Waals surface area contributed by atoms with Gasteiger partial charge >= 0.3 is 0 Å². The third-order valence-electron chi connectivity index (χ3n) is 4.37. The quantitative estimate of drug-likeness (QED) is 0.562. The van der Waals surface area contributed by atoms with Crippen molar-refractivity contribution in [3.63, 3.8) is 0 Å². The third kappa shape index (κ3) is 2.46. The molecule has 0 atom stereocenters. The van der Waals surface area contributed by atoms with Crippen LogP contribution in [0.5, 0.6) is 0 Å². The molecule has 1 nitrogen and oxygen atoms in total. The van der Waals surface area contributed by atoms with Crippen molar-refractivity contribution in [2.24, 2.45) is 0 Å². The number of benzene rings is 3. The van der Waals surface area contributed by atoms with Crippen molar-refractivity contribution < 1.29 is 0 Å². The van der Waals surface area contributed by atoms with E-state index in [0.717, 1.165) is 0 Å². The van der Waals surface area contributed by atoms with Crippen LogP contribution in [0.1, 0.15) is 16.7 Å². The van der Waals surface area contributed by atoms with E-state index in [1.807, 2.05) is 0 Å². The van der Waals surface area contributed by atoms with Crippen molar-refractivity contribution in [1.82, 2.24) is 0 Å². The summed E-state index contributed by atoms with van der Waals surface area (Å²) in [4.78, 5) is 0. The van der Waals surface area contributed by atoms with Gasteiger partial charge in [-0.15, -0.1) is 0 Å². The smallest absolute Gasteiger partial charge is 0.0192 e. The van der Waals surface area contributed by atoms with Crippen LogP contribution in [-0.2, 0) is 0 Å². The summed E-state index contributed by atoms with van der Waals surface area (Å²) in [7, 11) is 0. The monoisotopic (exact) mass is 285 g/mol. The van der Waals surface area contributed by atoms with Crippen LogP contribution >= 0.6 is 0 Å². The topological polar surface area (TPSA) is 23.9 Å². The third-order valence-corrected chi connectivity index (χ3v) is 4.37. The summed E-state index contributed by atoms with van der Waals surface area (Å²) >= 11 is 0. The van der Waals surface area contributed by atoms with Crippen LogP contribution in [0.4, 0.5) is 0 Å². The molecule has 0 aromatic heterocycles. The average Bonchev–Trinajstić information content (AvgIpc) is 2.50. The van der Waals surface area contributed by atoms with Gasteiger partial charge in [-0.05, 0) is 32.9 Å². The largest absolute Gasteiger partial charge is 0.357 e. The summed E-state index contributed by atoms with van der Waals surface area (Å²) < 4.78 is 0. The molecule has 3 aromatic carbocycles. The van der Waals surface area contributed by atoms with Crippen molar-refractivity contribution >= 4 is 34.5 Å². The Hall–Kier alpha value is -2.35. The summed E-state index contributed by atoms with van der Waals surface area (Å²) in [5.41, 5.74) is 6.28. The Morgan fingerprint density at radius 2 is 1.50 bits per heavy atom. The van der Waals surface area contributed by atoms with Gasteiger partial charge in [0.2, 0.25) is 0 Å². The molecule has 0 unspecified atom stereocenters. The maximum Gasteiger partial charge on any atom is -0.0192 e. The summed E-state index contributed by atoms with van der Waals surface area (Å²) in [6, 6.07) is 19.2. The van der Waals surface area contributed by atoms with E-state index in [4.69, 9.17) is 5.41 Å². The van der Waals surface area contributed by atoms with Crippen LogP contribution in [0.2, 0.25) is 0 Å². The van der Waals surface area contributed by atoms with Gasteiger partial charge in [-0.2, -0.15) is 6.11 Å². The molecule has 0 aliphatic heterocycles. The number of nitrogens with one attached hydrogen (secondary N) is 1. The van der Waals surface area contributed by atoms with Crippen molar-refractivity contribution in [2.45, 2.75) is 20.8 Å². The first kappa shape index (κ1) is 14.6. The average molecular weight is 285 g/mol. The predicted molar refractivity (Wildman–Crippen MR) is 98.4 cm³/mol. The van der Waals surface area contributed by atoms with Crippen molar-refractivity contribution in [1.29, 1.82) is 5.41 Å². The number of rotatable bonds is 3. The Labute approximate surface area is 132 Å². The molecule has 0 bridgehead atoms. The second-order valence-corrected chi connectivity index (χ2v) is 6.03. The lowest BCUT2D eigenvalue weighted by Crippen LogP contribution is -2.46.